The number of aromatic nitrogens is 1. The Morgan fingerprint density at radius 3 is 2.19 bits per heavy atom. The van der Waals surface area contributed by atoms with Gasteiger partial charge in [-0.15, -0.1) is 0 Å². The van der Waals surface area contributed by atoms with Crippen molar-refractivity contribution in [1.82, 2.24) is 8.87 Å². The molecular weight excluding hydrogens is 352 g/mol. The van der Waals surface area contributed by atoms with Gasteiger partial charge in [-0.05, 0) is 42.1 Å². The van der Waals surface area contributed by atoms with Crippen LogP contribution in [0.4, 0.5) is 0 Å². The first kappa shape index (κ1) is 16.9. The number of para-hydroxylation sites is 2. The molecule has 1 aliphatic heterocycles. The van der Waals surface area contributed by atoms with E-state index in [-0.39, 0.29) is 0 Å². The molecule has 0 radical (unpaired) electrons. The van der Waals surface area contributed by atoms with E-state index >= 15 is 0 Å². The molecule has 5 rings (SSSR count). The van der Waals surface area contributed by atoms with Crippen molar-refractivity contribution in [3.63, 3.8) is 0 Å². The number of hydrogen-bond donors (Lipinski definition) is 1. The maximum absolute atomic E-state index is 10.9. The predicted molar refractivity (Wildman–Crippen MR) is 113 cm³/mol. The maximum atomic E-state index is 10.9. The molecule has 0 aliphatic carbocycles. The number of fused-ring (bicyclic) bond motifs is 4. The van der Waals surface area contributed by atoms with E-state index in [1.54, 1.807) is 11.9 Å². The highest BCUT2D eigenvalue weighted by Crippen LogP contribution is 2.32. The van der Waals surface area contributed by atoms with Crippen LogP contribution in [-0.2, 0) is 13.0 Å². The largest absolute Gasteiger partial charge is 0.390 e. The standard InChI is InChI=1S/C23H22N2OS/c26-18(15-24-14-13-17-7-1-6-12-23(17)27-24)16-25-21-10-4-2-8-19(21)20-9-3-5-11-22(20)25/h1-12,18,26H,13-16H2. The minimum atomic E-state index is -0.415. The Morgan fingerprint density at radius 1 is 0.815 bits per heavy atom. The molecule has 3 nitrogen and oxygen atoms in total. The molecule has 1 N–H and O–H groups in total. The fraction of sp³-hybridized carbons (Fsp3) is 0.217. The molecule has 1 unspecified atom stereocenters. The molecule has 4 heteroatoms. The monoisotopic (exact) mass is 374 g/mol. The van der Waals surface area contributed by atoms with Crippen LogP contribution in [0.15, 0.2) is 77.7 Å². The summed E-state index contributed by atoms with van der Waals surface area (Å²) in [7, 11) is 0. The second kappa shape index (κ2) is 7.04. The molecule has 0 spiro atoms. The minimum absolute atomic E-state index is 0.415. The van der Waals surface area contributed by atoms with E-state index in [9.17, 15) is 5.11 Å². The van der Waals surface area contributed by atoms with Gasteiger partial charge in [-0.25, -0.2) is 4.31 Å². The van der Waals surface area contributed by atoms with Crippen molar-refractivity contribution in [2.24, 2.45) is 0 Å². The van der Waals surface area contributed by atoms with Gasteiger partial charge in [-0.2, -0.15) is 0 Å². The van der Waals surface area contributed by atoms with Crippen molar-refractivity contribution in [3.05, 3.63) is 78.4 Å². The lowest BCUT2D eigenvalue weighted by atomic mass is 10.1. The Labute approximate surface area is 163 Å². The van der Waals surface area contributed by atoms with Crippen molar-refractivity contribution in [2.45, 2.75) is 24.0 Å². The summed E-state index contributed by atoms with van der Waals surface area (Å²) in [6.45, 7) is 2.25. The molecule has 136 valence electrons. The average Bonchev–Trinajstić information content (AvgIpc) is 3.02. The number of rotatable bonds is 4. The summed E-state index contributed by atoms with van der Waals surface area (Å²) >= 11 is 1.77. The van der Waals surface area contributed by atoms with Crippen LogP contribution in [0.3, 0.4) is 0 Å². The van der Waals surface area contributed by atoms with E-state index in [0.29, 0.717) is 13.1 Å². The zero-order chi connectivity index (χ0) is 18.2. The van der Waals surface area contributed by atoms with Crippen molar-refractivity contribution >= 4 is 33.8 Å². The summed E-state index contributed by atoms with van der Waals surface area (Å²) in [4.78, 5) is 1.31. The molecule has 27 heavy (non-hydrogen) atoms. The van der Waals surface area contributed by atoms with Gasteiger partial charge >= 0.3 is 0 Å². The zero-order valence-corrected chi connectivity index (χ0v) is 15.9. The Kier molecular flexibility index (Phi) is 4.40. The second-order valence-corrected chi connectivity index (χ2v) is 8.27. The lowest BCUT2D eigenvalue weighted by Gasteiger charge is -2.29. The number of aliphatic hydroxyl groups is 1. The smallest absolute Gasteiger partial charge is 0.0855 e. The van der Waals surface area contributed by atoms with Crippen LogP contribution in [0, 0.1) is 0 Å². The number of β-amino-alcohol motifs (C(OH)–C–C–N with tert-alkyl or cyclic N) is 1. The van der Waals surface area contributed by atoms with Crippen LogP contribution in [0.2, 0.25) is 0 Å². The van der Waals surface area contributed by atoms with Crippen LogP contribution in [0.5, 0.6) is 0 Å². The van der Waals surface area contributed by atoms with E-state index in [4.69, 9.17) is 0 Å². The van der Waals surface area contributed by atoms with E-state index in [1.807, 2.05) is 0 Å². The summed E-state index contributed by atoms with van der Waals surface area (Å²) in [5, 5.41) is 13.4. The summed E-state index contributed by atoms with van der Waals surface area (Å²) in [5.41, 5.74) is 3.79. The third-order valence-electron chi connectivity index (χ3n) is 5.32. The van der Waals surface area contributed by atoms with Crippen LogP contribution < -0.4 is 0 Å². The molecule has 1 aromatic heterocycles. The summed E-state index contributed by atoms with van der Waals surface area (Å²) in [6.07, 6.45) is 0.632. The Hall–Kier alpha value is -2.27. The highest BCUT2D eigenvalue weighted by Gasteiger charge is 2.20. The molecule has 3 aromatic carbocycles. The lowest BCUT2D eigenvalue weighted by molar-refractivity contribution is 0.133. The Bertz CT molecular complexity index is 1050. The van der Waals surface area contributed by atoms with Crippen molar-refractivity contribution in [2.75, 3.05) is 13.1 Å². The fourth-order valence-electron chi connectivity index (χ4n) is 4.06. The molecule has 0 saturated carbocycles. The molecule has 0 bridgehead atoms. The summed E-state index contributed by atoms with van der Waals surface area (Å²) in [6, 6.07) is 25.5. The first-order valence-electron chi connectivity index (χ1n) is 9.44. The quantitative estimate of drug-likeness (QED) is 0.524. The molecule has 0 fully saturated rings. The number of hydrogen-bond acceptors (Lipinski definition) is 3. The second-order valence-electron chi connectivity index (χ2n) is 7.14. The predicted octanol–water partition coefficient (Wildman–Crippen LogP) is 4.72. The van der Waals surface area contributed by atoms with Gasteiger partial charge in [0, 0.05) is 39.8 Å². The zero-order valence-electron chi connectivity index (χ0n) is 15.1. The third-order valence-corrected chi connectivity index (χ3v) is 6.50. The highest BCUT2D eigenvalue weighted by molar-refractivity contribution is 7.97. The normalized spacial score (nSPS) is 15.9. The average molecular weight is 375 g/mol. The van der Waals surface area contributed by atoms with Gasteiger partial charge in [0.1, 0.15) is 0 Å². The molecular formula is C23H22N2OS. The van der Waals surface area contributed by atoms with E-state index in [2.05, 4.69) is 81.7 Å². The van der Waals surface area contributed by atoms with Gasteiger partial charge in [0.2, 0.25) is 0 Å². The Morgan fingerprint density at radius 2 is 1.44 bits per heavy atom. The molecule has 2 heterocycles. The number of benzene rings is 3. The highest BCUT2D eigenvalue weighted by atomic mass is 32.2. The van der Waals surface area contributed by atoms with Gasteiger partial charge in [0.15, 0.2) is 0 Å². The van der Waals surface area contributed by atoms with Crippen LogP contribution in [0.1, 0.15) is 5.56 Å². The number of aliphatic hydroxyl groups excluding tert-OH is 1. The fourth-order valence-corrected chi connectivity index (χ4v) is 5.20. The Balaban J connectivity index is 1.39. The molecule has 0 amide bonds. The van der Waals surface area contributed by atoms with Crippen LogP contribution in [0.25, 0.3) is 21.8 Å². The van der Waals surface area contributed by atoms with Crippen molar-refractivity contribution in [1.29, 1.82) is 0 Å². The van der Waals surface area contributed by atoms with E-state index < -0.39 is 6.10 Å². The van der Waals surface area contributed by atoms with Gasteiger partial charge < -0.3 is 9.67 Å². The van der Waals surface area contributed by atoms with E-state index in [1.165, 1.54) is 32.3 Å². The van der Waals surface area contributed by atoms with Gasteiger partial charge in [0.05, 0.1) is 12.6 Å². The molecule has 1 atom stereocenters. The molecule has 1 aliphatic rings. The van der Waals surface area contributed by atoms with Crippen molar-refractivity contribution < 1.29 is 5.11 Å². The topological polar surface area (TPSA) is 28.4 Å². The first-order valence-corrected chi connectivity index (χ1v) is 10.2. The van der Waals surface area contributed by atoms with Crippen molar-refractivity contribution in [3.8, 4) is 0 Å². The van der Waals surface area contributed by atoms with Crippen LogP contribution >= 0.6 is 11.9 Å². The minimum Gasteiger partial charge on any atom is -0.390 e. The number of nitrogens with zero attached hydrogens (tertiary/aromatic N) is 2. The SMILES string of the molecule is OC(CN1CCc2ccccc2S1)Cn1c2ccccc2c2ccccc21. The summed E-state index contributed by atoms with van der Waals surface area (Å²) < 4.78 is 4.55. The van der Waals surface area contributed by atoms with Gasteiger partial charge in [-0.3, -0.25) is 0 Å². The van der Waals surface area contributed by atoms with Gasteiger partial charge in [-0.1, -0.05) is 54.6 Å². The van der Waals surface area contributed by atoms with E-state index in [0.717, 1.165) is 13.0 Å². The van der Waals surface area contributed by atoms with Crippen LogP contribution in [-0.4, -0.2) is 33.2 Å². The third kappa shape index (κ3) is 3.14. The maximum Gasteiger partial charge on any atom is 0.0855 e. The lowest BCUT2D eigenvalue weighted by Crippen LogP contribution is -2.33. The first-order chi connectivity index (χ1) is 13.3. The molecule has 0 saturated heterocycles. The molecule has 4 aromatic rings. The summed E-state index contributed by atoms with van der Waals surface area (Å²) in [5.74, 6) is 0. The van der Waals surface area contributed by atoms with Gasteiger partial charge in [0.25, 0.3) is 0 Å².